The molecule has 0 fully saturated rings. The van der Waals surface area contributed by atoms with Crippen molar-refractivity contribution in [2.75, 3.05) is 13.7 Å². The van der Waals surface area contributed by atoms with Gasteiger partial charge in [-0.15, -0.1) is 0 Å². The third-order valence-electron chi connectivity index (χ3n) is 2.59. The van der Waals surface area contributed by atoms with E-state index in [4.69, 9.17) is 9.47 Å². The Bertz CT molecular complexity index is 471. The Balaban J connectivity index is 2.58. The number of ether oxygens (including phenoxy) is 2. The van der Waals surface area contributed by atoms with Crippen LogP contribution in [0.3, 0.4) is 0 Å². The van der Waals surface area contributed by atoms with Crippen LogP contribution in [0.15, 0.2) is 24.3 Å². The van der Waals surface area contributed by atoms with Crippen LogP contribution in [-0.2, 0) is 9.53 Å². The summed E-state index contributed by atoms with van der Waals surface area (Å²) >= 11 is 0. The Hall–Kier alpha value is -2.04. The van der Waals surface area contributed by atoms with Crippen LogP contribution < -0.4 is 10.1 Å². The number of carbonyl (C=O) groups is 2. The van der Waals surface area contributed by atoms with Crippen LogP contribution in [0.4, 0.5) is 0 Å². The SMILES string of the molecule is COc1cccc(C(=O)NC(C)C(=O)OCC(C)C)c1. The molecule has 1 unspecified atom stereocenters. The molecular formula is C15H21NO4. The molecule has 0 aliphatic rings. The maximum absolute atomic E-state index is 12.0. The largest absolute Gasteiger partial charge is 0.497 e. The van der Waals surface area contributed by atoms with Crippen LogP contribution in [0.5, 0.6) is 5.75 Å². The van der Waals surface area contributed by atoms with Crippen LogP contribution in [0, 0.1) is 5.92 Å². The molecule has 0 heterocycles. The first-order valence-corrected chi connectivity index (χ1v) is 6.55. The Kier molecular flexibility index (Phi) is 6.03. The van der Waals surface area contributed by atoms with Crippen LogP contribution >= 0.6 is 0 Å². The summed E-state index contributed by atoms with van der Waals surface area (Å²) in [6, 6.07) is 6.05. The Labute approximate surface area is 119 Å². The van der Waals surface area contributed by atoms with Gasteiger partial charge in [0.05, 0.1) is 13.7 Å². The summed E-state index contributed by atoms with van der Waals surface area (Å²) in [5, 5.41) is 2.60. The van der Waals surface area contributed by atoms with Crippen LogP contribution in [0.2, 0.25) is 0 Å². The monoisotopic (exact) mass is 279 g/mol. The van der Waals surface area contributed by atoms with Gasteiger partial charge in [0.1, 0.15) is 11.8 Å². The standard InChI is InChI=1S/C15H21NO4/c1-10(2)9-20-15(18)11(3)16-14(17)12-6-5-7-13(8-12)19-4/h5-8,10-11H,9H2,1-4H3,(H,16,17). The van der Waals surface area contributed by atoms with Crippen molar-refractivity contribution in [3.63, 3.8) is 0 Å². The molecule has 0 aliphatic carbocycles. The van der Waals surface area contributed by atoms with Crippen LogP contribution in [0.1, 0.15) is 31.1 Å². The van der Waals surface area contributed by atoms with Gasteiger partial charge in [-0.1, -0.05) is 19.9 Å². The van der Waals surface area contributed by atoms with E-state index in [0.29, 0.717) is 17.9 Å². The van der Waals surface area contributed by atoms with Crippen molar-refractivity contribution in [2.24, 2.45) is 5.92 Å². The number of benzene rings is 1. The molecule has 1 atom stereocenters. The van der Waals surface area contributed by atoms with E-state index in [1.807, 2.05) is 13.8 Å². The van der Waals surface area contributed by atoms with Gasteiger partial charge < -0.3 is 14.8 Å². The molecular weight excluding hydrogens is 258 g/mol. The van der Waals surface area contributed by atoms with Crippen molar-refractivity contribution in [1.82, 2.24) is 5.32 Å². The molecule has 1 amide bonds. The topological polar surface area (TPSA) is 64.6 Å². The average Bonchev–Trinajstić information content (AvgIpc) is 2.44. The number of carbonyl (C=O) groups excluding carboxylic acids is 2. The van der Waals surface area contributed by atoms with Gasteiger partial charge >= 0.3 is 5.97 Å². The molecule has 0 spiro atoms. The lowest BCUT2D eigenvalue weighted by atomic mass is 10.2. The van der Waals surface area contributed by atoms with Crippen molar-refractivity contribution in [3.8, 4) is 5.75 Å². The highest BCUT2D eigenvalue weighted by atomic mass is 16.5. The molecule has 1 N–H and O–H groups in total. The van der Waals surface area contributed by atoms with Crippen molar-refractivity contribution in [3.05, 3.63) is 29.8 Å². The number of hydrogen-bond acceptors (Lipinski definition) is 4. The molecule has 1 rings (SSSR count). The third kappa shape index (κ3) is 4.91. The molecule has 5 nitrogen and oxygen atoms in total. The van der Waals surface area contributed by atoms with E-state index in [1.54, 1.807) is 31.2 Å². The molecule has 0 aromatic heterocycles. The Morgan fingerprint density at radius 3 is 2.55 bits per heavy atom. The molecule has 0 aliphatic heterocycles. The molecule has 0 saturated heterocycles. The minimum atomic E-state index is -0.688. The second kappa shape index (κ2) is 7.53. The number of methoxy groups -OCH3 is 1. The van der Waals surface area contributed by atoms with E-state index in [-0.39, 0.29) is 11.8 Å². The van der Waals surface area contributed by atoms with Gasteiger partial charge in [-0.3, -0.25) is 4.79 Å². The molecule has 1 aromatic carbocycles. The molecule has 5 heteroatoms. The van der Waals surface area contributed by atoms with Gasteiger partial charge in [0.15, 0.2) is 0 Å². The lowest BCUT2D eigenvalue weighted by Crippen LogP contribution is -2.39. The quantitative estimate of drug-likeness (QED) is 0.809. The third-order valence-corrected chi connectivity index (χ3v) is 2.59. The molecule has 110 valence electrons. The van der Waals surface area contributed by atoms with Crippen molar-refractivity contribution >= 4 is 11.9 Å². The van der Waals surface area contributed by atoms with E-state index in [0.717, 1.165) is 0 Å². The number of rotatable bonds is 6. The van der Waals surface area contributed by atoms with Gasteiger partial charge in [0, 0.05) is 5.56 Å². The van der Waals surface area contributed by atoms with E-state index < -0.39 is 12.0 Å². The normalized spacial score (nSPS) is 11.8. The summed E-state index contributed by atoms with van der Waals surface area (Å²) in [4.78, 5) is 23.7. The maximum atomic E-state index is 12.0. The van der Waals surface area contributed by atoms with Gasteiger partial charge in [-0.05, 0) is 31.0 Å². The number of amides is 1. The maximum Gasteiger partial charge on any atom is 0.328 e. The fourth-order valence-electron chi connectivity index (χ4n) is 1.48. The van der Waals surface area contributed by atoms with Crippen LogP contribution in [0.25, 0.3) is 0 Å². The second-order valence-electron chi connectivity index (χ2n) is 4.95. The Morgan fingerprint density at radius 2 is 1.95 bits per heavy atom. The number of nitrogens with one attached hydrogen (secondary N) is 1. The van der Waals surface area contributed by atoms with Gasteiger partial charge in [0.2, 0.25) is 0 Å². The molecule has 0 radical (unpaired) electrons. The minimum absolute atomic E-state index is 0.264. The number of esters is 1. The van der Waals surface area contributed by atoms with Gasteiger partial charge in [0.25, 0.3) is 5.91 Å². The summed E-state index contributed by atoms with van der Waals surface area (Å²) in [7, 11) is 1.53. The summed E-state index contributed by atoms with van der Waals surface area (Å²) in [5.74, 6) is 0.0840. The zero-order valence-electron chi connectivity index (χ0n) is 12.3. The zero-order chi connectivity index (χ0) is 15.1. The summed E-state index contributed by atoms with van der Waals surface area (Å²) in [6.45, 7) is 5.85. The van der Waals surface area contributed by atoms with E-state index in [1.165, 1.54) is 7.11 Å². The second-order valence-corrected chi connectivity index (χ2v) is 4.95. The summed E-state index contributed by atoms with van der Waals surface area (Å²) in [5.41, 5.74) is 0.438. The molecule has 1 aromatic rings. The average molecular weight is 279 g/mol. The first-order chi connectivity index (χ1) is 9.43. The first-order valence-electron chi connectivity index (χ1n) is 6.55. The smallest absolute Gasteiger partial charge is 0.328 e. The lowest BCUT2D eigenvalue weighted by molar-refractivity contribution is -0.146. The lowest BCUT2D eigenvalue weighted by Gasteiger charge is -2.14. The fourth-order valence-corrected chi connectivity index (χ4v) is 1.48. The minimum Gasteiger partial charge on any atom is -0.497 e. The highest BCUT2D eigenvalue weighted by Gasteiger charge is 2.18. The summed E-state index contributed by atoms with van der Waals surface area (Å²) < 4.78 is 10.1. The predicted molar refractivity (Wildman–Crippen MR) is 75.7 cm³/mol. The molecule has 20 heavy (non-hydrogen) atoms. The highest BCUT2D eigenvalue weighted by molar-refractivity contribution is 5.97. The summed E-state index contributed by atoms with van der Waals surface area (Å²) in [6.07, 6.45) is 0. The van der Waals surface area contributed by atoms with Gasteiger partial charge in [-0.2, -0.15) is 0 Å². The molecule has 0 saturated carbocycles. The predicted octanol–water partition coefficient (Wildman–Crippen LogP) is 2.01. The first kappa shape index (κ1) is 16.0. The van der Waals surface area contributed by atoms with Gasteiger partial charge in [-0.25, -0.2) is 4.79 Å². The Morgan fingerprint density at radius 1 is 1.25 bits per heavy atom. The van der Waals surface area contributed by atoms with Crippen LogP contribution in [-0.4, -0.2) is 31.6 Å². The molecule has 0 bridgehead atoms. The van der Waals surface area contributed by atoms with Crippen molar-refractivity contribution < 1.29 is 19.1 Å². The highest BCUT2D eigenvalue weighted by Crippen LogP contribution is 2.12. The van der Waals surface area contributed by atoms with E-state index in [9.17, 15) is 9.59 Å². The number of hydrogen-bond donors (Lipinski definition) is 1. The van der Waals surface area contributed by atoms with Crippen molar-refractivity contribution in [2.45, 2.75) is 26.8 Å². The zero-order valence-corrected chi connectivity index (χ0v) is 12.3. The van der Waals surface area contributed by atoms with E-state index >= 15 is 0 Å². The van der Waals surface area contributed by atoms with Crippen molar-refractivity contribution in [1.29, 1.82) is 0 Å². The van der Waals surface area contributed by atoms with E-state index in [2.05, 4.69) is 5.32 Å². The fraction of sp³-hybridized carbons (Fsp3) is 0.467.